The Hall–Kier alpha value is -1.51. The van der Waals surface area contributed by atoms with Crippen molar-refractivity contribution in [3.05, 3.63) is 16.1 Å². The Kier molecular flexibility index (Phi) is 7.43. The van der Waals surface area contributed by atoms with Crippen LogP contribution >= 0.6 is 11.3 Å². The number of carbonyl (C=O) groups excluding carboxylic acids is 2. The third kappa shape index (κ3) is 5.70. The molecule has 0 bridgehead atoms. The molecule has 1 heterocycles. The molecule has 8 heteroatoms. The van der Waals surface area contributed by atoms with Crippen molar-refractivity contribution in [2.75, 3.05) is 13.7 Å². The molecule has 0 aliphatic heterocycles. The number of nitrogens with zero attached hydrogens (tertiary/aromatic N) is 1. The molecular formula is C14H24N4O3S. The number of amides is 2. The molecule has 2 amide bonds. The molecule has 4 N–H and O–H groups in total. The van der Waals surface area contributed by atoms with Crippen molar-refractivity contribution in [2.24, 2.45) is 11.7 Å². The van der Waals surface area contributed by atoms with Crippen LogP contribution in [-0.2, 0) is 20.9 Å². The van der Waals surface area contributed by atoms with Gasteiger partial charge in [0.1, 0.15) is 11.1 Å². The smallest absolute Gasteiger partial charge is 0.239 e. The molecular weight excluding hydrogens is 304 g/mol. The standard InChI is InChI=1S/C14H24N4O3S/c1-8(2)12(15)13(20)17-6-11(19)16-5-10-7-22-14(18-10)9(3)21-4/h7-9,12H,5-6,15H2,1-4H3,(H,16,19)(H,17,20)/t9?,12-/m0/s1. The minimum Gasteiger partial charge on any atom is -0.375 e. The van der Waals surface area contributed by atoms with E-state index in [2.05, 4.69) is 15.6 Å². The molecule has 0 saturated heterocycles. The summed E-state index contributed by atoms with van der Waals surface area (Å²) in [6.45, 7) is 5.84. The first-order chi connectivity index (χ1) is 10.3. The number of ether oxygens (including phenoxy) is 1. The normalized spacial score (nSPS) is 13.7. The monoisotopic (exact) mass is 328 g/mol. The van der Waals surface area contributed by atoms with Gasteiger partial charge in [-0.15, -0.1) is 11.3 Å². The zero-order chi connectivity index (χ0) is 16.7. The van der Waals surface area contributed by atoms with Crippen molar-refractivity contribution < 1.29 is 14.3 Å². The quantitative estimate of drug-likeness (QED) is 0.647. The number of hydrogen-bond donors (Lipinski definition) is 3. The van der Waals surface area contributed by atoms with E-state index in [4.69, 9.17) is 10.5 Å². The SMILES string of the molecule is COC(C)c1nc(CNC(=O)CNC(=O)[C@@H](N)C(C)C)cs1. The Bertz CT molecular complexity index is 504. The number of aromatic nitrogens is 1. The Labute approximate surface area is 134 Å². The fraction of sp³-hybridized carbons (Fsp3) is 0.643. The summed E-state index contributed by atoms with van der Waals surface area (Å²) in [5.74, 6) is -0.576. The maximum absolute atomic E-state index is 11.7. The average Bonchev–Trinajstić information content (AvgIpc) is 2.97. The van der Waals surface area contributed by atoms with Crippen LogP contribution in [0.4, 0.5) is 0 Å². The van der Waals surface area contributed by atoms with Gasteiger partial charge in [-0.25, -0.2) is 4.98 Å². The highest BCUT2D eigenvalue weighted by atomic mass is 32.1. The second-order valence-corrected chi connectivity index (χ2v) is 6.21. The molecule has 124 valence electrons. The molecule has 1 aromatic rings. The highest BCUT2D eigenvalue weighted by Crippen LogP contribution is 2.20. The van der Waals surface area contributed by atoms with Gasteiger partial charge in [-0.1, -0.05) is 13.8 Å². The van der Waals surface area contributed by atoms with Crippen molar-refractivity contribution >= 4 is 23.2 Å². The lowest BCUT2D eigenvalue weighted by Gasteiger charge is -2.15. The van der Waals surface area contributed by atoms with Crippen LogP contribution in [0.15, 0.2) is 5.38 Å². The van der Waals surface area contributed by atoms with Crippen LogP contribution in [0.2, 0.25) is 0 Å². The zero-order valence-corrected chi connectivity index (χ0v) is 14.2. The molecule has 1 unspecified atom stereocenters. The second-order valence-electron chi connectivity index (χ2n) is 5.32. The molecule has 0 radical (unpaired) electrons. The van der Waals surface area contributed by atoms with Gasteiger partial charge >= 0.3 is 0 Å². The molecule has 1 rings (SSSR count). The van der Waals surface area contributed by atoms with Gasteiger partial charge in [0.2, 0.25) is 11.8 Å². The number of methoxy groups -OCH3 is 1. The molecule has 0 aromatic carbocycles. The number of thiazole rings is 1. The Morgan fingerprint density at radius 3 is 2.64 bits per heavy atom. The number of nitrogens with one attached hydrogen (secondary N) is 2. The number of carbonyl (C=O) groups is 2. The fourth-order valence-electron chi connectivity index (χ4n) is 1.53. The van der Waals surface area contributed by atoms with Gasteiger partial charge in [0.05, 0.1) is 24.8 Å². The van der Waals surface area contributed by atoms with Crippen LogP contribution in [0.1, 0.15) is 37.6 Å². The van der Waals surface area contributed by atoms with Gasteiger partial charge in [-0.05, 0) is 12.8 Å². The highest BCUT2D eigenvalue weighted by molar-refractivity contribution is 7.09. The zero-order valence-electron chi connectivity index (χ0n) is 13.4. The van der Waals surface area contributed by atoms with E-state index in [0.717, 1.165) is 10.7 Å². The molecule has 0 spiro atoms. The van der Waals surface area contributed by atoms with Crippen molar-refractivity contribution in [3.63, 3.8) is 0 Å². The van der Waals surface area contributed by atoms with Crippen molar-refractivity contribution in [1.29, 1.82) is 0 Å². The van der Waals surface area contributed by atoms with Crippen LogP contribution in [0.5, 0.6) is 0 Å². The third-order valence-corrected chi connectivity index (χ3v) is 4.24. The van der Waals surface area contributed by atoms with Crippen molar-refractivity contribution in [3.8, 4) is 0 Å². The van der Waals surface area contributed by atoms with Crippen LogP contribution in [0.3, 0.4) is 0 Å². The van der Waals surface area contributed by atoms with Crippen LogP contribution in [-0.4, -0.2) is 36.5 Å². The minimum absolute atomic E-state index is 0.0271. The summed E-state index contributed by atoms with van der Waals surface area (Å²) in [7, 11) is 1.62. The summed E-state index contributed by atoms with van der Waals surface area (Å²) in [5.41, 5.74) is 6.46. The van der Waals surface area contributed by atoms with E-state index in [9.17, 15) is 9.59 Å². The van der Waals surface area contributed by atoms with Crippen LogP contribution < -0.4 is 16.4 Å². The summed E-state index contributed by atoms with van der Waals surface area (Å²) in [6, 6.07) is -0.607. The van der Waals surface area contributed by atoms with Gasteiger partial charge in [-0.3, -0.25) is 9.59 Å². The summed E-state index contributed by atoms with van der Waals surface area (Å²) in [5, 5.41) is 7.96. The van der Waals surface area contributed by atoms with E-state index in [1.807, 2.05) is 26.2 Å². The number of hydrogen-bond acceptors (Lipinski definition) is 6. The van der Waals surface area contributed by atoms with E-state index in [-0.39, 0.29) is 30.4 Å². The summed E-state index contributed by atoms with van der Waals surface area (Å²) in [6.07, 6.45) is -0.0636. The summed E-state index contributed by atoms with van der Waals surface area (Å²) < 4.78 is 5.18. The molecule has 0 saturated carbocycles. The van der Waals surface area contributed by atoms with Crippen LogP contribution in [0, 0.1) is 5.92 Å². The molecule has 22 heavy (non-hydrogen) atoms. The highest BCUT2D eigenvalue weighted by Gasteiger charge is 2.17. The van der Waals surface area contributed by atoms with Crippen molar-refractivity contribution in [2.45, 2.75) is 39.5 Å². The lowest BCUT2D eigenvalue weighted by atomic mass is 10.1. The summed E-state index contributed by atoms with van der Waals surface area (Å²) in [4.78, 5) is 27.7. The van der Waals surface area contributed by atoms with Crippen molar-refractivity contribution in [1.82, 2.24) is 15.6 Å². The molecule has 0 aliphatic rings. The molecule has 0 fully saturated rings. The number of rotatable bonds is 8. The molecule has 0 aliphatic carbocycles. The van der Waals surface area contributed by atoms with Gasteiger partial charge in [0.25, 0.3) is 0 Å². The van der Waals surface area contributed by atoms with Gasteiger partial charge in [0.15, 0.2) is 0 Å². The predicted octanol–water partition coefficient (Wildman–Crippen LogP) is 0.566. The van der Waals surface area contributed by atoms with E-state index < -0.39 is 6.04 Å². The van der Waals surface area contributed by atoms with Gasteiger partial charge in [-0.2, -0.15) is 0 Å². The fourth-order valence-corrected chi connectivity index (χ4v) is 2.38. The lowest BCUT2D eigenvalue weighted by Crippen LogP contribution is -2.47. The third-order valence-electron chi connectivity index (χ3n) is 3.18. The molecule has 1 aromatic heterocycles. The van der Waals surface area contributed by atoms with Gasteiger partial charge < -0.3 is 21.1 Å². The van der Waals surface area contributed by atoms with E-state index in [1.165, 1.54) is 11.3 Å². The maximum atomic E-state index is 11.7. The lowest BCUT2D eigenvalue weighted by molar-refractivity contribution is -0.127. The topological polar surface area (TPSA) is 106 Å². The second kappa shape index (κ2) is 8.82. The Morgan fingerprint density at radius 1 is 1.36 bits per heavy atom. The van der Waals surface area contributed by atoms with E-state index >= 15 is 0 Å². The van der Waals surface area contributed by atoms with Crippen LogP contribution in [0.25, 0.3) is 0 Å². The first-order valence-electron chi connectivity index (χ1n) is 7.12. The first-order valence-corrected chi connectivity index (χ1v) is 8.00. The van der Waals surface area contributed by atoms with E-state index in [0.29, 0.717) is 6.54 Å². The number of nitrogens with two attached hydrogens (primary N) is 1. The maximum Gasteiger partial charge on any atom is 0.239 e. The Morgan fingerprint density at radius 2 is 2.05 bits per heavy atom. The minimum atomic E-state index is -0.607. The predicted molar refractivity (Wildman–Crippen MR) is 85.2 cm³/mol. The first kappa shape index (κ1) is 18.5. The average molecular weight is 328 g/mol. The van der Waals surface area contributed by atoms with Gasteiger partial charge in [0, 0.05) is 12.5 Å². The molecule has 7 nitrogen and oxygen atoms in total. The largest absolute Gasteiger partial charge is 0.375 e. The summed E-state index contributed by atoms with van der Waals surface area (Å²) >= 11 is 1.49. The van der Waals surface area contributed by atoms with E-state index in [1.54, 1.807) is 7.11 Å². The molecule has 2 atom stereocenters. The Balaban J connectivity index is 2.34.